The van der Waals surface area contributed by atoms with Gasteiger partial charge in [0.2, 0.25) is 5.88 Å². The highest BCUT2D eigenvalue weighted by Gasteiger charge is 2.15. The van der Waals surface area contributed by atoms with Crippen molar-refractivity contribution < 1.29 is 4.74 Å². The Kier molecular flexibility index (Phi) is 5.75. The lowest BCUT2D eigenvalue weighted by Gasteiger charge is -2.26. The molecule has 0 saturated carbocycles. The number of benzene rings is 2. The average Bonchev–Trinajstić information content (AvgIpc) is 3.14. The third-order valence-corrected chi connectivity index (χ3v) is 5.20. The molecule has 0 N–H and O–H groups in total. The number of hydrogen-bond donors (Lipinski definition) is 0. The summed E-state index contributed by atoms with van der Waals surface area (Å²) in [5, 5.41) is 5.42. The van der Waals surface area contributed by atoms with E-state index in [1.54, 1.807) is 0 Å². The van der Waals surface area contributed by atoms with Gasteiger partial charge in [0, 0.05) is 17.8 Å². The lowest BCUT2D eigenvalue weighted by molar-refractivity contribution is 0.180. The van der Waals surface area contributed by atoms with Gasteiger partial charge in [0.15, 0.2) is 0 Å². The zero-order chi connectivity index (χ0) is 18.5. The van der Waals surface area contributed by atoms with E-state index >= 15 is 0 Å². The maximum atomic E-state index is 6.12. The molecule has 0 atom stereocenters. The molecule has 1 fully saturated rings. The van der Waals surface area contributed by atoms with Gasteiger partial charge >= 0.3 is 0 Å². The number of nitrogens with zero attached hydrogens (tertiary/aromatic N) is 3. The Hall–Kier alpha value is -2.30. The molecule has 1 aromatic heterocycles. The molecule has 0 radical (unpaired) electrons. The first-order chi connectivity index (χ1) is 13.3. The van der Waals surface area contributed by atoms with Gasteiger partial charge in [-0.3, -0.25) is 4.90 Å². The highest BCUT2D eigenvalue weighted by Crippen LogP contribution is 2.30. The van der Waals surface area contributed by atoms with Crippen molar-refractivity contribution in [2.24, 2.45) is 0 Å². The first-order valence-electron chi connectivity index (χ1n) is 9.56. The molecule has 5 heteroatoms. The van der Waals surface area contributed by atoms with Crippen LogP contribution in [0.25, 0.3) is 16.8 Å². The Morgan fingerprint density at radius 2 is 1.67 bits per heavy atom. The van der Waals surface area contributed by atoms with Gasteiger partial charge in [-0.25, -0.2) is 4.68 Å². The van der Waals surface area contributed by atoms with Gasteiger partial charge in [-0.05, 0) is 55.8 Å². The Bertz CT molecular complexity index is 855. The highest BCUT2D eigenvalue weighted by molar-refractivity contribution is 6.30. The quantitative estimate of drug-likeness (QED) is 0.598. The summed E-state index contributed by atoms with van der Waals surface area (Å²) in [5.74, 6) is 0.674. The Morgan fingerprint density at radius 1 is 0.926 bits per heavy atom. The van der Waals surface area contributed by atoms with E-state index in [0.717, 1.165) is 23.4 Å². The van der Waals surface area contributed by atoms with Crippen LogP contribution in [-0.4, -0.2) is 40.9 Å². The maximum Gasteiger partial charge on any atom is 0.241 e. The molecule has 27 heavy (non-hydrogen) atoms. The molecular weight excluding hydrogens is 358 g/mol. The fourth-order valence-corrected chi connectivity index (χ4v) is 3.59. The fraction of sp³-hybridized carbons (Fsp3) is 0.318. The second-order valence-electron chi connectivity index (χ2n) is 6.89. The lowest BCUT2D eigenvalue weighted by Crippen LogP contribution is -2.33. The van der Waals surface area contributed by atoms with E-state index in [2.05, 4.69) is 17.0 Å². The number of hydrogen-bond acceptors (Lipinski definition) is 3. The fourth-order valence-electron chi connectivity index (χ4n) is 3.46. The summed E-state index contributed by atoms with van der Waals surface area (Å²) in [5.41, 5.74) is 3.07. The summed E-state index contributed by atoms with van der Waals surface area (Å²) in [6.07, 6.45) is 5.96. The van der Waals surface area contributed by atoms with Gasteiger partial charge in [0.25, 0.3) is 0 Å². The number of aromatic nitrogens is 2. The SMILES string of the molecule is Clc1ccc(-n2cc(-c3ccccc3)c(OCCN3CCCCC3)n2)cc1. The molecule has 2 heterocycles. The average molecular weight is 382 g/mol. The molecule has 0 bridgehead atoms. The normalized spacial score (nSPS) is 15.0. The first-order valence-corrected chi connectivity index (χ1v) is 9.93. The predicted molar refractivity (Wildman–Crippen MR) is 110 cm³/mol. The van der Waals surface area contributed by atoms with Crippen molar-refractivity contribution in [3.8, 4) is 22.7 Å². The maximum absolute atomic E-state index is 6.12. The van der Waals surface area contributed by atoms with Gasteiger partial charge in [-0.1, -0.05) is 48.4 Å². The second-order valence-corrected chi connectivity index (χ2v) is 7.32. The molecule has 140 valence electrons. The van der Waals surface area contributed by atoms with E-state index in [4.69, 9.17) is 21.4 Å². The van der Waals surface area contributed by atoms with Crippen molar-refractivity contribution in [1.82, 2.24) is 14.7 Å². The van der Waals surface area contributed by atoms with Crippen molar-refractivity contribution in [3.63, 3.8) is 0 Å². The number of rotatable bonds is 6. The summed E-state index contributed by atoms with van der Waals surface area (Å²) in [4.78, 5) is 2.47. The minimum absolute atomic E-state index is 0.650. The highest BCUT2D eigenvalue weighted by atomic mass is 35.5. The Labute approximate surface area is 165 Å². The molecule has 3 aromatic rings. The van der Waals surface area contributed by atoms with Crippen LogP contribution in [0.3, 0.4) is 0 Å². The van der Waals surface area contributed by atoms with Crippen LogP contribution in [0.15, 0.2) is 60.8 Å². The Morgan fingerprint density at radius 3 is 2.41 bits per heavy atom. The van der Waals surface area contributed by atoms with Crippen LogP contribution in [0.2, 0.25) is 5.02 Å². The number of piperidine rings is 1. The first kappa shape index (κ1) is 18.1. The predicted octanol–water partition coefficient (Wildman–Crippen LogP) is 5.06. The van der Waals surface area contributed by atoms with Crippen LogP contribution >= 0.6 is 11.6 Å². The van der Waals surface area contributed by atoms with Crippen molar-refractivity contribution in [2.45, 2.75) is 19.3 Å². The molecule has 0 spiro atoms. The van der Waals surface area contributed by atoms with E-state index in [1.807, 2.05) is 53.3 Å². The molecule has 4 rings (SSSR count). The van der Waals surface area contributed by atoms with Crippen molar-refractivity contribution in [3.05, 3.63) is 65.8 Å². The third kappa shape index (κ3) is 4.52. The van der Waals surface area contributed by atoms with Gasteiger partial charge in [-0.15, -0.1) is 5.10 Å². The van der Waals surface area contributed by atoms with Gasteiger partial charge < -0.3 is 4.74 Å². The van der Waals surface area contributed by atoms with E-state index < -0.39 is 0 Å². The van der Waals surface area contributed by atoms with Gasteiger partial charge in [-0.2, -0.15) is 0 Å². The molecule has 1 aliphatic rings. The van der Waals surface area contributed by atoms with Crippen molar-refractivity contribution in [2.75, 3.05) is 26.2 Å². The van der Waals surface area contributed by atoms with Crippen LogP contribution in [0.1, 0.15) is 19.3 Å². The van der Waals surface area contributed by atoms with Crippen LogP contribution in [0.5, 0.6) is 5.88 Å². The summed E-state index contributed by atoms with van der Waals surface area (Å²) in [6, 6.07) is 17.9. The smallest absolute Gasteiger partial charge is 0.241 e. The van der Waals surface area contributed by atoms with E-state index in [9.17, 15) is 0 Å². The Balaban J connectivity index is 1.55. The van der Waals surface area contributed by atoms with Crippen LogP contribution in [0, 0.1) is 0 Å². The van der Waals surface area contributed by atoms with Crippen molar-refractivity contribution >= 4 is 11.6 Å². The standard InChI is InChI=1S/C22H24ClN3O/c23-19-9-11-20(12-10-19)26-17-21(18-7-3-1-4-8-18)22(24-26)27-16-15-25-13-5-2-6-14-25/h1,3-4,7-12,17H,2,5-6,13-16H2. The molecule has 4 nitrogen and oxygen atoms in total. The van der Waals surface area contributed by atoms with Crippen molar-refractivity contribution in [1.29, 1.82) is 0 Å². The van der Waals surface area contributed by atoms with E-state index in [-0.39, 0.29) is 0 Å². The van der Waals surface area contributed by atoms with Gasteiger partial charge in [0.05, 0.1) is 11.3 Å². The van der Waals surface area contributed by atoms with Gasteiger partial charge in [0.1, 0.15) is 6.61 Å². The third-order valence-electron chi connectivity index (χ3n) is 4.95. The lowest BCUT2D eigenvalue weighted by atomic mass is 10.1. The van der Waals surface area contributed by atoms with Crippen LogP contribution in [0.4, 0.5) is 0 Å². The number of likely N-dealkylation sites (tertiary alicyclic amines) is 1. The summed E-state index contributed by atoms with van der Waals surface area (Å²) in [7, 11) is 0. The zero-order valence-electron chi connectivity index (χ0n) is 15.4. The monoisotopic (exact) mass is 381 g/mol. The number of halogens is 1. The minimum atomic E-state index is 0.650. The molecule has 1 saturated heterocycles. The second kappa shape index (κ2) is 8.59. The van der Waals surface area contributed by atoms with E-state index in [0.29, 0.717) is 17.5 Å². The number of ether oxygens (including phenoxy) is 1. The molecule has 0 aliphatic carbocycles. The molecule has 0 amide bonds. The largest absolute Gasteiger partial charge is 0.475 e. The summed E-state index contributed by atoms with van der Waals surface area (Å²) < 4.78 is 7.98. The van der Waals surface area contributed by atoms with E-state index in [1.165, 1.54) is 32.4 Å². The topological polar surface area (TPSA) is 30.3 Å². The summed E-state index contributed by atoms with van der Waals surface area (Å²) >= 11 is 6.01. The summed E-state index contributed by atoms with van der Waals surface area (Å²) in [6.45, 7) is 3.95. The zero-order valence-corrected chi connectivity index (χ0v) is 16.1. The molecule has 1 aliphatic heterocycles. The van der Waals surface area contributed by atoms with Crippen LogP contribution < -0.4 is 4.74 Å². The molecule has 0 unspecified atom stereocenters. The molecular formula is C22H24ClN3O. The molecule has 2 aromatic carbocycles. The minimum Gasteiger partial charge on any atom is -0.475 e. The van der Waals surface area contributed by atoms with Crippen LogP contribution in [-0.2, 0) is 0 Å².